The fourth-order valence-corrected chi connectivity index (χ4v) is 4.44. The summed E-state index contributed by atoms with van der Waals surface area (Å²) >= 11 is 0. The summed E-state index contributed by atoms with van der Waals surface area (Å²) in [5, 5.41) is 8.24. The van der Waals surface area contributed by atoms with Crippen LogP contribution in [-0.4, -0.2) is 42.9 Å². The molecule has 0 spiro atoms. The fourth-order valence-electron chi connectivity index (χ4n) is 3.88. The van der Waals surface area contributed by atoms with E-state index in [2.05, 4.69) is 38.0 Å². The number of anilines is 1. The Morgan fingerprint density at radius 1 is 1.22 bits per heavy atom. The molecule has 2 N–H and O–H groups in total. The normalized spacial score (nSPS) is 18.2. The number of nitrogens with one attached hydrogen (secondary N) is 2. The van der Waals surface area contributed by atoms with Gasteiger partial charge in [0.05, 0.1) is 18.0 Å². The van der Waals surface area contributed by atoms with Crippen LogP contribution in [0.2, 0.25) is 0 Å². The second-order valence-electron chi connectivity index (χ2n) is 7.46. The van der Waals surface area contributed by atoms with Gasteiger partial charge in [0.25, 0.3) is 0 Å². The van der Waals surface area contributed by atoms with Gasteiger partial charge in [-0.15, -0.1) is 0 Å². The van der Waals surface area contributed by atoms with Gasteiger partial charge in [0, 0.05) is 24.2 Å². The van der Waals surface area contributed by atoms with E-state index in [1.54, 1.807) is 6.07 Å². The molecule has 0 saturated carbocycles. The Balaban J connectivity index is 1.36. The maximum atomic E-state index is 11.4. The number of nitrogens with zero attached hydrogens (tertiary/aromatic N) is 2. The maximum Gasteiger partial charge on any atom is 0.229 e. The first-order valence-corrected chi connectivity index (χ1v) is 11.0. The summed E-state index contributed by atoms with van der Waals surface area (Å²) < 4.78 is 25.4. The lowest BCUT2D eigenvalue weighted by Gasteiger charge is -2.17. The zero-order chi connectivity index (χ0) is 18.9. The Labute approximate surface area is 159 Å². The predicted molar refractivity (Wildman–Crippen MR) is 108 cm³/mol. The largest absolute Gasteiger partial charge is 0.299 e. The minimum absolute atomic E-state index is 0.624. The van der Waals surface area contributed by atoms with Gasteiger partial charge in [0.1, 0.15) is 0 Å². The molecule has 6 nitrogen and oxygen atoms in total. The molecule has 27 heavy (non-hydrogen) atoms. The molecule has 1 aromatic heterocycles. The van der Waals surface area contributed by atoms with Crippen LogP contribution >= 0.6 is 0 Å². The molecule has 0 aliphatic carbocycles. The zero-order valence-corrected chi connectivity index (χ0v) is 16.2. The van der Waals surface area contributed by atoms with E-state index in [1.807, 2.05) is 24.4 Å². The van der Waals surface area contributed by atoms with Crippen LogP contribution in [0.15, 0.2) is 48.7 Å². The Kier molecular flexibility index (Phi) is 4.88. The van der Waals surface area contributed by atoms with Crippen LogP contribution in [0, 0.1) is 5.92 Å². The highest BCUT2D eigenvalue weighted by atomic mass is 32.2. The van der Waals surface area contributed by atoms with Crippen molar-refractivity contribution in [2.45, 2.75) is 19.4 Å². The zero-order valence-electron chi connectivity index (χ0n) is 15.4. The summed E-state index contributed by atoms with van der Waals surface area (Å²) in [7, 11) is -3.25. The van der Waals surface area contributed by atoms with Crippen LogP contribution in [0.5, 0.6) is 0 Å². The Morgan fingerprint density at radius 3 is 2.96 bits per heavy atom. The molecule has 1 aliphatic rings. The number of rotatable bonds is 6. The lowest BCUT2D eigenvalue weighted by atomic mass is 9.98. The number of aromatic nitrogens is 2. The number of fused-ring (bicyclic) bond motifs is 1. The number of hydrogen-bond acceptors (Lipinski definition) is 4. The highest BCUT2D eigenvalue weighted by molar-refractivity contribution is 7.92. The summed E-state index contributed by atoms with van der Waals surface area (Å²) in [4.78, 5) is 2.45. The van der Waals surface area contributed by atoms with E-state index in [1.165, 1.54) is 18.2 Å². The molecule has 3 aromatic rings. The lowest BCUT2D eigenvalue weighted by molar-refractivity contribution is 0.316. The number of hydrogen-bond donors (Lipinski definition) is 2. The van der Waals surface area contributed by atoms with E-state index in [4.69, 9.17) is 0 Å². The van der Waals surface area contributed by atoms with Crippen LogP contribution in [0.25, 0.3) is 10.9 Å². The number of benzene rings is 2. The molecule has 0 amide bonds. The molecular formula is C20H24N4O2S. The van der Waals surface area contributed by atoms with Gasteiger partial charge < -0.3 is 0 Å². The lowest BCUT2D eigenvalue weighted by Crippen LogP contribution is -2.20. The van der Waals surface area contributed by atoms with Gasteiger partial charge in [-0.3, -0.25) is 14.7 Å². The van der Waals surface area contributed by atoms with E-state index >= 15 is 0 Å². The molecule has 142 valence electrons. The summed E-state index contributed by atoms with van der Waals surface area (Å²) in [5.74, 6) is 0.645. The SMILES string of the molecule is CS(=O)(=O)Nc1cccc(CN2CC[C@@H](Cc3ccc4[nH]ncc4c3)C2)c1. The molecule has 7 heteroatoms. The standard InChI is InChI=1S/C20H24N4O2S/c1-27(25,26)23-19-4-2-3-16(11-19)13-24-8-7-17(14-24)9-15-5-6-20-18(10-15)12-21-22-20/h2-6,10-12,17,23H,7-9,13-14H2,1H3,(H,21,22)/t17-/m0/s1. The maximum absolute atomic E-state index is 11.4. The van der Waals surface area contributed by atoms with Crippen LogP contribution in [0.3, 0.4) is 0 Å². The van der Waals surface area contributed by atoms with Gasteiger partial charge in [0.15, 0.2) is 0 Å². The first-order valence-electron chi connectivity index (χ1n) is 9.16. The van der Waals surface area contributed by atoms with Gasteiger partial charge in [-0.25, -0.2) is 8.42 Å². The van der Waals surface area contributed by atoms with E-state index in [0.29, 0.717) is 11.6 Å². The molecule has 2 aromatic carbocycles. The van der Waals surface area contributed by atoms with Gasteiger partial charge >= 0.3 is 0 Å². The smallest absolute Gasteiger partial charge is 0.229 e. The third-order valence-electron chi connectivity index (χ3n) is 5.04. The fraction of sp³-hybridized carbons (Fsp3) is 0.350. The number of aromatic amines is 1. The van der Waals surface area contributed by atoms with Gasteiger partial charge in [-0.1, -0.05) is 18.2 Å². The molecule has 2 heterocycles. The average Bonchev–Trinajstić information content (AvgIpc) is 3.22. The molecule has 1 atom stereocenters. The molecule has 0 bridgehead atoms. The quantitative estimate of drug-likeness (QED) is 0.685. The predicted octanol–water partition coefficient (Wildman–Crippen LogP) is 3.00. The first kappa shape index (κ1) is 18.0. The third kappa shape index (κ3) is 4.67. The van der Waals surface area contributed by atoms with Gasteiger partial charge in [-0.05, 0) is 60.7 Å². The van der Waals surface area contributed by atoms with E-state index in [-0.39, 0.29) is 0 Å². The van der Waals surface area contributed by atoms with Gasteiger partial charge in [-0.2, -0.15) is 5.10 Å². The Morgan fingerprint density at radius 2 is 2.11 bits per heavy atom. The number of sulfonamides is 1. The molecule has 0 unspecified atom stereocenters. The van der Waals surface area contributed by atoms with Crippen LogP contribution < -0.4 is 4.72 Å². The summed E-state index contributed by atoms with van der Waals surface area (Å²) in [6, 6.07) is 14.2. The monoisotopic (exact) mass is 384 g/mol. The molecule has 1 fully saturated rings. The first-order chi connectivity index (χ1) is 12.9. The van der Waals surface area contributed by atoms with E-state index < -0.39 is 10.0 Å². The number of likely N-dealkylation sites (tertiary alicyclic amines) is 1. The van der Waals surface area contributed by atoms with Crippen molar-refractivity contribution in [3.63, 3.8) is 0 Å². The summed E-state index contributed by atoms with van der Waals surface area (Å²) in [5.41, 5.74) is 4.19. The van der Waals surface area contributed by atoms with E-state index in [9.17, 15) is 8.42 Å². The van der Waals surface area contributed by atoms with Crippen molar-refractivity contribution in [3.8, 4) is 0 Å². The van der Waals surface area contributed by atoms with Crippen molar-refractivity contribution >= 4 is 26.6 Å². The summed E-state index contributed by atoms with van der Waals surface area (Å²) in [6.45, 7) is 2.98. The van der Waals surface area contributed by atoms with Crippen LogP contribution in [0.1, 0.15) is 17.5 Å². The van der Waals surface area contributed by atoms with E-state index in [0.717, 1.165) is 42.5 Å². The summed E-state index contributed by atoms with van der Waals surface area (Å²) in [6.07, 6.45) is 5.31. The highest BCUT2D eigenvalue weighted by Crippen LogP contribution is 2.24. The second-order valence-corrected chi connectivity index (χ2v) is 9.21. The molecule has 1 aliphatic heterocycles. The van der Waals surface area contributed by atoms with Crippen LogP contribution in [-0.2, 0) is 23.0 Å². The molecular weight excluding hydrogens is 360 g/mol. The van der Waals surface area contributed by atoms with Crippen molar-refractivity contribution in [1.29, 1.82) is 0 Å². The van der Waals surface area contributed by atoms with Crippen molar-refractivity contribution < 1.29 is 8.42 Å². The Bertz CT molecular complexity index is 1040. The minimum atomic E-state index is -3.25. The van der Waals surface area contributed by atoms with Crippen molar-refractivity contribution in [2.75, 3.05) is 24.1 Å². The van der Waals surface area contributed by atoms with Crippen LogP contribution in [0.4, 0.5) is 5.69 Å². The van der Waals surface area contributed by atoms with Gasteiger partial charge in [0.2, 0.25) is 10.0 Å². The molecule has 4 rings (SSSR count). The topological polar surface area (TPSA) is 78.1 Å². The second kappa shape index (κ2) is 7.32. The Hall–Kier alpha value is -2.38. The minimum Gasteiger partial charge on any atom is -0.299 e. The highest BCUT2D eigenvalue weighted by Gasteiger charge is 2.23. The van der Waals surface area contributed by atoms with Crippen molar-refractivity contribution in [2.24, 2.45) is 5.92 Å². The molecule has 0 radical (unpaired) electrons. The van der Waals surface area contributed by atoms with Crippen molar-refractivity contribution in [3.05, 3.63) is 59.8 Å². The third-order valence-corrected chi connectivity index (χ3v) is 5.64. The number of H-pyrrole nitrogens is 1. The van der Waals surface area contributed by atoms with Crippen molar-refractivity contribution in [1.82, 2.24) is 15.1 Å². The molecule has 1 saturated heterocycles. The average molecular weight is 385 g/mol.